The molecule has 1 saturated heterocycles. The van der Waals surface area contributed by atoms with E-state index in [2.05, 4.69) is 19.2 Å². The molecule has 0 radical (unpaired) electrons. The van der Waals surface area contributed by atoms with Crippen molar-refractivity contribution >= 4 is 29.1 Å². The van der Waals surface area contributed by atoms with Gasteiger partial charge in [-0.3, -0.25) is 9.59 Å². The average molecular weight is 366 g/mol. The summed E-state index contributed by atoms with van der Waals surface area (Å²) in [6.45, 7) is 9.32. The molecule has 25 heavy (non-hydrogen) atoms. The second-order valence-corrected chi connectivity index (χ2v) is 8.36. The van der Waals surface area contributed by atoms with Crippen molar-refractivity contribution in [1.82, 2.24) is 4.90 Å². The molecule has 0 bridgehead atoms. The van der Waals surface area contributed by atoms with Gasteiger partial charge < -0.3 is 16.0 Å². The molecule has 1 aliphatic rings. The van der Waals surface area contributed by atoms with Gasteiger partial charge in [-0.05, 0) is 36.0 Å². The quantitative estimate of drug-likeness (QED) is 0.857. The van der Waals surface area contributed by atoms with E-state index < -0.39 is 0 Å². The van der Waals surface area contributed by atoms with Crippen molar-refractivity contribution in [3.8, 4) is 0 Å². The Bertz CT molecular complexity index is 658. The summed E-state index contributed by atoms with van der Waals surface area (Å²) < 4.78 is 0. The summed E-state index contributed by atoms with van der Waals surface area (Å²) in [4.78, 5) is 26.7. The smallest absolute Gasteiger partial charge is 0.255 e. The lowest BCUT2D eigenvalue weighted by molar-refractivity contribution is -0.116. The molecule has 1 aromatic rings. The van der Waals surface area contributed by atoms with Gasteiger partial charge in [-0.1, -0.05) is 39.3 Å². The van der Waals surface area contributed by atoms with Crippen molar-refractivity contribution in [1.29, 1.82) is 0 Å². The fourth-order valence-electron chi connectivity index (χ4n) is 3.07. The molecule has 3 N–H and O–H groups in total. The topological polar surface area (TPSA) is 75.4 Å². The Morgan fingerprint density at radius 3 is 2.68 bits per heavy atom. The van der Waals surface area contributed by atoms with E-state index in [9.17, 15) is 9.59 Å². The highest BCUT2D eigenvalue weighted by Gasteiger charge is 2.36. The van der Waals surface area contributed by atoms with Crippen LogP contribution in [-0.2, 0) is 4.79 Å². The van der Waals surface area contributed by atoms with Crippen LogP contribution in [0, 0.1) is 11.3 Å². The van der Waals surface area contributed by atoms with Gasteiger partial charge in [-0.25, -0.2) is 0 Å². The van der Waals surface area contributed by atoms with Crippen molar-refractivity contribution in [2.75, 3.05) is 18.4 Å². The number of nitrogens with two attached hydrogens (primary N) is 1. The van der Waals surface area contributed by atoms with Crippen LogP contribution in [0.25, 0.3) is 0 Å². The van der Waals surface area contributed by atoms with Crippen LogP contribution in [-0.4, -0.2) is 35.8 Å². The van der Waals surface area contributed by atoms with Crippen molar-refractivity contribution < 1.29 is 9.59 Å². The van der Waals surface area contributed by atoms with Crippen LogP contribution < -0.4 is 11.1 Å². The maximum absolute atomic E-state index is 12.9. The molecular formula is C19H28ClN3O2. The first-order valence-electron chi connectivity index (χ1n) is 8.74. The molecule has 0 aliphatic carbocycles. The molecule has 2 rings (SSSR count). The van der Waals surface area contributed by atoms with E-state index in [1.807, 2.05) is 13.8 Å². The second kappa shape index (κ2) is 7.75. The second-order valence-electron chi connectivity index (χ2n) is 7.95. The number of halogens is 1. The fraction of sp³-hybridized carbons (Fsp3) is 0.579. The van der Waals surface area contributed by atoms with Gasteiger partial charge in [0.2, 0.25) is 5.91 Å². The van der Waals surface area contributed by atoms with E-state index in [0.29, 0.717) is 35.8 Å². The first kappa shape index (κ1) is 19.7. The van der Waals surface area contributed by atoms with E-state index in [1.54, 1.807) is 23.1 Å². The molecular weight excluding hydrogens is 338 g/mol. The van der Waals surface area contributed by atoms with Crippen molar-refractivity contribution in [2.45, 2.75) is 46.6 Å². The van der Waals surface area contributed by atoms with E-state index in [1.165, 1.54) is 0 Å². The van der Waals surface area contributed by atoms with Crippen LogP contribution in [0.5, 0.6) is 0 Å². The lowest BCUT2D eigenvalue weighted by Crippen LogP contribution is -2.54. The van der Waals surface area contributed by atoms with Gasteiger partial charge in [0, 0.05) is 31.2 Å². The Labute approximate surface area is 154 Å². The largest absolute Gasteiger partial charge is 0.338 e. The third-order valence-corrected chi connectivity index (χ3v) is 5.00. The van der Waals surface area contributed by atoms with Crippen LogP contribution in [0.1, 0.15) is 50.9 Å². The Morgan fingerprint density at radius 1 is 1.40 bits per heavy atom. The van der Waals surface area contributed by atoms with Gasteiger partial charge in [0.05, 0.1) is 10.6 Å². The van der Waals surface area contributed by atoms with Crippen molar-refractivity contribution in [2.24, 2.45) is 17.1 Å². The summed E-state index contributed by atoms with van der Waals surface area (Å²) in [6, 6.07) is 5.10. The third-order valence-electron chi connectivity index (χ3n) is 4.67. The number of hydrogen-bond donors (Lipinski definition) is 2. The Balaban J connectivity index is 2.16. The number of piperidine rings is 1. The first-order chi connectivity index (χ1) is 11.6. The van der Waals surface area contributed by atoms with Crippen LogP contribution in [0.3, 0.4) is 0 Å². The number of likely N-dealkylation sites (tertiary alicyclic amines) is 1. The maximum atomic E-state index is 12.9. The maximum Gasteiger partial charge on any atom is 0.255 e. The van der Waals surface area contributed by atoms with E-state index in [4.69, 9.17) is 17.3 Å². The predicted octanol–water partition coefficient (Wildman–Crippen LogP) is 3.52. The summed E-state index contributed by atoms with van der Waals surface area (Å²) >= 11 is 6.25. The lowest BCUT2D eigenvalue weighted by atomic mass is 9.79. The van der Waals surface area contributed by atoms with Crippen molar-refractivity contribution in [3.05, 3.63) is 28.8 Å². The number of nitrogens with one attached hydrogen (secondary N) is 1. The molecule has 6 heteroatoms. The molecule has 0 aromatic heterocycles. The summed E-state index contributed by atoms with van der Waals surface area (Å²) in [5, 5.41) is 3.22. The molecule has 1 aromatic carbocycles. The monoisotopic (exact) mass is 365 g/mol. The molecule has 1 fully saturated rings. The number of benzene rings is 1. The third kappa shape index (κ3) is 4.95. The Hall–Kier alpha value is -1.59. The highest BCUT2D eigenvalue weighted by molar-refractivity contribution is 6.34. The standard InChI is InChI=1S/C19H28ClN3O2/c1-12(2)9-17(24)22-13-5-6-15(20)14(10-13)18(25)23-8-7-16(21)19(3,4)11-23/h5-6,10,12,16H,7-9,11,21H2,1-4H3,(H,22,24). The first-order valence-corrected chi connectivity index (χ1v) is 9.12. The minimum atomic E-state index is -0.135. The zero-order valence-electron chi connectivity index (χ0n) is 15.4. The highest BCUT2D eigenvalue weighted by Crippen LogP contribution is 2.30. The minimum absolute atomic E-state index is 0.0687. The number of rotatable bonds is 4. The van der Waals surface area contributed by atoms with Gasteiger partial charge in [0.25, 0.3) is 5.91 Å². The molecule has 2 amide bonds. The summed E-state index contributed by atoms with van der Waals surface area (Å²) in [7, 11) is 0. The highest BCUT2D eigenvalue weighted by atomic mass is 35.5. The number of anilines is 1. The number of amides is 2. The van der Waals surface area contributed by atoms with Crippen LogP contribution in [0.2, 0.25) is 5.02 Å². The van der Waals surface area contributed by atoms with E-state index in [0.717, 1.165) is 6.42 Å². The summed E-state index contributed by atoms with van der Waals surface area (Å²) in [5.74, 6) is 0.0823. The Kier molecular flexibility index (Phi) is 6.12. The van der Waals surface area contributed by atoms with Crippen molar-refractivity contribution in [3.63, 3.8) is 0 Å². The summed E-state index contributed by atoms with van der Waals surface area (Å²) in [5.41, 5.74) is 7.02. The van der Waals surface area contributed by atoms with E-state index >= 15 is 0 Å². The average Bonchev–Trinajstić information content (AvgIpc) is 2.50. The van der Waals surface area contributed by atoms with Gasteiger partial charge in [-0.15, -0.1) is 0 Å². The van der Waals surface area contributed by atoms with Gasteiger partial charge in [-0.2, -0.15) is 0 Å². The number of hydrogen-bond acceptors (Lipinski definition) is 3. The minimum Gasteiger partial charge on any atom is -0.338 e. The van der Waals surface area contributed by atoms with Crippen LogP contribution in [0.4, 0.5) is 5.69 Å². The van der Waals surface area contributed by atoms with Gasteiger partial charge in [0.15, 0.2) is 0 Å². The lowest BCUT2D eigenvalue weighted by Gasteiger charge is -2.42. The zero-order chi connectivity index (χ0) is 18.8. The molecule has 1 heterocycles. The molecule has 1 unspecified atom stereocenters. The van der Waals surface area contributed by atoms with Gasteiger partial charge >= 0.3 is 0 Å². The number of nitrogens with zero attached hydrogens (tertiary/aromatic N) is 1. The SMILES string of the molecule is CC(C)CC(=O)Nc1ccc(Cl)c(C(=O)N2CCC(N)C(C)(C)C2)c1. The molecule has 1 aliphatic heterocycles. The molecule has 138 valence electrons. The number of carbonyl (C=O) groups excluding carboxylic acids is 2. The summed E-state index contributed by atoms with van der Waals surface area (Å²) in [6.07, 6.45) is 1.20. The van der Waals surface area contributed by atoms with Crippen LogP contribution >= 0.6 is 11.6 Å². The molecule has 0 spiro atoms. The van der Waals surface area contributed by atoms with Gasteiger partial charge in [0.1, 0.15) is 0 Å². The zero-order valence-corrected chi connectivity index (χ0v) is 16.2. The molecule has 1 atom stereocenters. The van der Waals surface area contributed by atoms with Crippen LogP contribution in [0.15, 0.2) is 18.2 Å². The fourth-order valence-corrected chi connectivity index (χ4v) is 3.27. The normalized spacial score (nSPS) is 19.8. The molecule has 5 nitrogen and oxygen atoms in total. The molecule has 0 saturated carbocycles. The predicted molar refractivity (Wildman–Crippen MR) is 102 cm³/mol. The number of carbonyl (C=O) groups is 2. The Morgan fingerprint density at radius 2 is 2.08 bits per heavy atom. The van der Waals surface area contributed by atoms with E-state index in [-0.39, 0.29) is 29.2 Å².